The van der Waals surface area contributed by atoms with E-state index in [-0.39, 0.29) is 29.9 Å². The topological polar surface area (TPSA) is 129 Å². The maximum atomic E-state index is 13.3. The van der Waals surface area contributed by atoms with Gasteiger partial charge in [-0.3, -0.25) is 15.0 Å². The van der Waals surface area contributed by atoms with E-state index in [1.54, 1.807) is 36.4 Å². The molecule has 0 saturated heterocycles. The second kappa shape index (κ2) is 12.0. The summed E-state index contributed by atoms with van der Waals surface area (Å²) < 4.78 is 44.9. The van der Waals surface area contributed by atoms with E-state index in [4.69, 9.17) is 16.3 Å². The number of rotatable bonds is 8. The molecule has 0 radical (unpaired) electrons. The molecular formula is C28H22ClF3N6O3. The first-order valence-corrected chi connectivity index (χ1v) is 12.4. The number of pyridine rings is 1. The highest BCUT2D eigenvalue weighted by Crippen LogP contribution is 2.42. The van der Waals surface area contributed by atoms with Crippen molar-refractivity contribution in [1.29, 1.82) is 5.26 Å². The molecule has 41 heavy (non-hydrogen) atoms. The summed E-state index contributed by atoms with van der Waals surface area (Å²) in [6.07, 6.45) is -4.83. The van der Waals surface area contributed by atoms with Crippen molar-refractivity contribution in [2.75, 3.05) is 13.7 Å². The Morgan fingerprint density at radius 3 is 2.32 bits per heavy atom. The Labute approximate surface area is 237 Å². The highest BCUT2D eigenvalue weighted by molar-refractivity contribution is 6.31. The Balaban J connectivity index is 1.97. The normalized spacial score (nSPS) is 17.0. The van der Waals surface area contributed by atoms with Crippen LogP contribution in [0.3, 0.4) is 0 Å². The molecule has 0 spiro atoms. The van der Waals surface area contributed by atoms with Gasteiger partial charge in [0, 0.05) is 29.8 Å². The van der Waals surface area contributed by atoms with Crippen molar-refractivity contribution < 1.29 is 27.5 Å². The molecule has 13 heteroatoms. The zero-order valence-electron chi connectivity index (χ0n) is 21.7. The standard InChI is InChI=1S/C28H22ClF3N6O3/c1-16-20(9-12-22(34-16)28(30,31)32)13-27(37-35-23(39)15-41-2)25(19-7-10-21(29)11-8-19)24(26(40)36-38-27)18-5-3-17(14-33)4-6-18/h3-12,37H,13,15H2,1-2H3,(H,35,39). The van der Waals surface area contributed by atoms with Gasteiger partial charge in [0.15, 0.2) is 5.66 Å². The van der Waals surface area contributed by atoms with Crippen LogP contribution in [0.4, 0.5) is 13.2 Å². The Kier molecular flexibility index (Phi) is 8.63. The van der Waals surface area contributed by atoms with E-state index in [0.29, 0.717) is 27.3 Å². The number of hydrogen-bond acceptors (Lipinski definition) is 7. The molecule has 0 fully saturated rings. The minimum atomic E-state index is -4.65. The monoisotopic (exact) mass is 582 g/mol. The average Bonchev–Trinajstić information content (AvgIpc) is 2.94. The summed E-state index contributed by atoms with van der Waals surface area (Å²) in [5, 5.41) is 17.8. The lowest BCUT2D eigenvalue weighted by Gasteiger charge is -2.36. The lowest BCUT2D eigenvalue weighted by atomic mass is 9.81. The van der Waals surface area contributed by atoms with Crippen LogP contribution < -0.4 is 10.9 Å². The lowest BCUT2D eigenvalue weighted by Crippen LogP contribution is -2.57. The Morgan fingerprint density at radius 2 is 1.73 bits per heavy atom. The summed E-state index contributed by atoms with van der Waals surface area (Å²) in [4.78, 5) is 29.5. The van der Waals surface area contributed by atoms with Crippen LogP contribution in [0.25, 0.3) is 11.1 Å². The number of nitrogens with zero attached hydrogens (tertiary/aromatic N) is 4. The predicted molar refractivity (Wildman–Crippen MR) is 143 cm³/mol. The Hall–Kier alpha value is -4.44. The minimum absolute atomic E-state index is 0.0618. The first-order chi connectivity index (χ1) is 19.5. The number of aryl methyl sites for hydroxylation is 1. The molecule has 0 saturated carbocycles. The maximum absolute atomic E-state index is 13.3. The van der Waals surface area contributed by atoms with Gasteiger partial charge >= 0.3 is 6.18 Å². The van der Waals surface area contributed by atoms with Crippen LogP contribution in [0, 0.1) is 18.3 Å². The lowest BCUT2D eigenvalue weighted by molar-refractivity contribution is -0.141. The number of alkyl halides is 3. The van der Waals surface area contributed by atoms with E-state index in [1.165, 1.54) is 32.2 Å². The van der Waals surface area contributed by atoms with Gasteiger partial charge in [0.05, 0.1) is 17.2 Å². The number of ether oxygens (including phenoxy) is 1. The Morgan fingerprint density at radius 1 is 1.07 bits per heavy atom. The number of benzene rings is 2. The fourth-order valence-electron chi connectivity index (χ4n) is 4.33. The number of aromatic nitrogens is 1. The number of hydrogen-bond donors (Lipinski definition) is 2. The van der Waals surface area contributed by atoms with Crippen molar-refractivity contribution in [3.05, 3.63) is 99.3 Å². The zero-order chi connectivity index (χ0) is 29.8. The largest absolute Gasteiger partial charge is 0.433 e. The molecule has 2 N–H and O–H groups in total. The zero-order valence-corrected chi connectivity index (χ0v) is 22.5. The van der Waals surface area contributed by atoms with Gasteiger partial charge in [-0.15, -0.1) is 5.11 Å². The number of halogens is 4. The van der Waals surface area contributed by atoms with E-state index in [9.17, 15) is 28.0 Å². The highest BCUT2D eigenvalue weighted by Gasteiger charge is 2.44. The molecule has 1 unspecified atom stereocenters. The molecular weight excluding hydrogens is 561 g/mol. The number of azo groups is 1. The third-order valence-electron chi connectivity index (χ3n) is 6.24. The van der Waals surface area contributed by atoms with Crippen molar-refractivity contribution in [2.45, 2.75) is 25.2 Å². The number of amides is 2. The molecule has 2 heterocycles. The molecule has 1 aliphatic heterocycles. The maximum Gasteiger partial charge on any atom is 0.433 e. The van der Waals surface area contributed by atoms with Gasteiger partial charge in [-0.1, -0.05) is 41.9 Å². The van der Waals surface area contributed by atoms with Gasteiger partial charge < -0.3 is 4.74 Å². The van der Waals surface area contributed by atoms with Crippen molar-refractivity contribution in [3.63, 3.8) is 0 Å². The summed E-state index contributed by atoms with van der Waals surface area (Å²) >= 11 is 6.13. The second-order valence-corrected chi connectivity index (χ2v) is 9.47. The number of methoxy groups -OCH3 is 1. The summed E-state index contributed by atoms with van der Waals surface area (Å²) in [5.41, 5.74) is 4.56. The average molecular weight is 583 g/mol. The predicted octanol–water partition coefficient (Wildman–Crippen LogP) is 5.04. The summed E-state index contributed by atoms with van der Waals surface area (Å²) in [5.74, 6) is -1.29. The fourth-order valence-corrected chi connectivity index (χ4v) is 4.46. The molecule has 2 amide bonds. The molecule has 1 aromatic heterocycles. The molecule has 9 nitrogen and oxygen atoms in total. The van der Waals surface area contributed by atoms with E-state index in [0.717, 1.165) is 6.07 Å². The minimum Gasteiger partial charge on any atom is -0.375 e. The van der Waals surface area contributed by atoms with Gasteiger partial charge in [-0.05, 0) is 53.9 Å². The van der Waals surface area contributed by atoms with Crippen molar-refractivity contribution in [2.24, 2.45) is 10.2 Å². The number of nitrogens with one attached hydrogen (secondary N) is 2. The number of hydrazine groups is 1. The van der Waals surface area contributed by atoms with Gasteiger partial charge in [0.1, 0.15) is 12.3 Å². The third-order valence-corrected chi connectivity index (χ3v) is 6.49. The van der Waals surface area contributed by atoms with E-state index < -0.39 is 29.3 Å². The van der Waals surface area contributed by atoms with Crippen LogP contribution >= 0.6 is 11.6 Å². The molecule has 210 valence electrons. The van der Waals surface area contributed by atoms with Gasteiger partial charge in [-0.2, -0.15) is 23.5 Å². The number of carbonyl (C=O) groups excluding carboxylic acids is 2. The molecule has 2 aromatic carbocycles. The van der Waals surface area contributed by atoms with Crippen LogP contribution in [-0.4, -0.2) is 36.2 Å². The number of nitriles is 1. The smallest absolute Gasteiger partial charge is 0.375 e. The first kappa shape index (κ1) is 29.5. The van der Waals surface area contributed by atoms with Crippen LogP contribution in [0.1, 0.15) is 33.6 Å². The molecule has 3 aromatic rings. The van der Waals surface area contributed by atoms with Crippen LogP contribution in [-0.2, 0) is 26.9 Å². The molecule has 1 atom stereocenters. The summed E-state index contributed by atoms with van der Waals surface area (Å²) in [6, 6.07) is 16.8. The molecule has 1 aliphatic rings. The van der Waals surface area contributed by atoms with Gasteiger partial charge in [0.25, 0.3) is 11.8 Å². The molecule has 4 rings (SSSR count). The second-order valence-electron chi connectivity index (χ2n) is 9.03. The molecule has 0 aliphatic carbocycles. The van der Waals surface area contributed by atoms with Crippen molar-refractivity contribution in [3.8, 4) is 6.07 Å². The third kappa shape index (κ3) is 6.49. The molecule has 0 bridgehead atoms. The SMILES string of the molecule is COCC(=O)NNC1(Cc2ccc(C(F)(F)F)nc2C)N=NC(=O)C(c2ccc(C#N)cc2)=C1c1ccc(Cl)cc1. The van der Waals surface area contributed by atoms with E-state index in [1.807, 2.05) is 6.07 Å². The quantitative estimate of drug-likeness (QED) is 0.358. The van der Waals surface area contributed by atoms with Crippen LogP contribution in [0.5, 0.6) is 0 Å². The summed E-state index contributed by atoms with van der Waals surface area (Å²) in [6.45, 7) is 1.10. The highest BCUT2D eigenvalue weighted by atomic mass is 35.5. The van der Waals surface area contributed by atoms with E-state index >= 15 is 0 Å². The van der Waals surface area contributed by atoms with Crippen LogP contribution in [0.2, 0.25) is 5.02 Å². The first-order valence-electron chi connectivity index (χ1n) is 12.0. The van der Waals surface area contributed by atoms with E-state index in [2.05, 4.69) is 26.1 Å². The summed E-state index contributed by atoms with van der Waals surface area (Å²) in [7, 11) is 1.33. The van der Waals surface area contributed by atoms with Crippen molar-refractivity contribution in [1.82, 2.24) is 15.8 Å². The van der Waals surface area contributed by atoms with Gasteiger partial charge in [0.2, 0.25) is 0 Å². The Bertz CT molecular complexity index is 1580. The van der Waals surface area contributed by atoms with Gasteiger partial charge in [-0.25, -0.2) is 10.4 Å². The van der Waals surface area contributed by atoms with Crippen molar-refractivity contribution >= 4 is 34.6 Å². The van der Waals surface area contributed by atoms with Crippen LogP contribution in [0.15, 0.2) is 70.9 Å². The fraction of sp³-hybridized carbons (Fsp3) is 0.214. The number of carbonyl (C=O) groups is 2.